The van der Waals surface area contributed by atoms with Crippen molar-refractivity contribution in [2.45, 2.75) is 0 Å². The summed E-state index contributed by atoms with van der Waals surface area (Å²) in [5, 5.41) is 0. The van der Waals surface area contributed by atoms with E-state index in [0.29, 0.717) is 12.3 Å². The Morgan fingerprint density at radius 1 is 1.26 bits per heavy atom. The van der Waals surface area contributed by atoms with Crippen molar-refractivity contribution < 1.29 is 9.47 Å². The molecule has 122 valence electrons. The van der Waals surface area contributed by atoms with Crippen molar-refractivity contribution in [2.24, 2.45) is 0 Å². The third-order valence-corrected chi connectivity index (χ3v) is 3.82. The van der Waals surface area contributed by atoms with Gasteiger partial charge in [0.05, 0.1) is 24.8 Å². The van der Waals surface area contributed by atoms with Gasteiger partial charge in [-0.2, -0.15) is 11.8 Å². The minimum absolute atomic E-state index is 0. The zero-order chi connectivity index (χ0) is 15.4. The molecule has 0 unspecified atom stereocenters. The van der Waals surface area contributed by atoms with Crippen LogP contribution < -0.4 is 9.47 Å². The fourth-order valence-corrected chi connectivity index (χ4v) is 2.40. The Balaban J connectivity index is 0.00000192. The average Bonchev–Trinajstić information content (AvgIpc) is 2.98. The molecule has 0 saturated carbocycles. The minimum Gasteiger partial charge on any atom is -0.497 e. The van der Waals surface area contributed by atoms with Gasteiger partial charge in [-0.25, -0.2) is 9.97 Å². The summed E-state index contributed by atoms with van der Waals surface area (Å²) in [6.07, 6.45) is 3.79. The van der Waals surface area contributed by atoms with Crippen LogP contribution in [-0.4, -0.2) is 40.7 Å². The van der Waals surface area contributed by atoms with E-state index >= 15 is 0 Å². The summed E-state index contributed by atoms with van der Waals surface area (Å²) in [6.45, 7) is 0.639. The van der Waals surface area contributed by atoms with Crippen molar-refractivity contribution in [3.8, 4) is 22.9 Å². The Bertz CT molecular complexity index is 746. The van der Waals surface area contributed by atoms with E-state index in [9.17, 15) is 0 Å². The molecule has 1 aromatic carbocycles. The van der Waals surface area contributed by atoms with Gasteiger partial charge in [-0.05, 0) is 30.5 Å². The number of fused-ring (bicyclic) bond motifs is 1. The Hall–Kier alpha value is -1.92. The molecule has 23 heavy (non-hydrogen) atoms. The van der Waals surface area contributed by atoms with E-state index in [1.807, 2.05) is 30.3 Å². The molecule has 0 saturated heterocycles. The van der Waals surface area contributed by atoms with Gasteiger partial charge >= 0.3 is 0 Å². The number of H-pyrrole nitrogens is 1. The van der Waals surface area contributed by atoms with Gasteiger partial charge in [-0.15, -0.1) is 12.4 Å². The zero-order valence-corrected chi connectivity index (χ0v) is 14.5. The molecule has 5 nitrogen and oxygen atoms in total. The normalized spacial score (nSPS) is 10.3. The van der Waals surface area contributed by atoms with Crippen LogP contribution in [0.5, 0.6) is 11.5 Å². The molecule has 1 N–H and O–H groups in total. The van der Waals surface area contributed by atoms with E-state index in [0.717, 1.165) is 34.2 Å². The first-order chi connectivity index (χ1) is 10.8. The molecule has 0 fully saturated rings. The lowest BCUT2D eigenvalue weighted by Crippen LogP contribution is -2.01. The molecule has 0 radical (unpaired) electrons. The standard InChI is InChI=1S/C16H17N3O2S.ClH/c1-20-11-5-6-12(14(10-11)21-8-9-22-2)15-18-13-4-3-7-17-16(13)19-15;/h3-7,10H,8-9H2,1-2H3,(H,17,18,19);1H. The molecule has 0 aliphatic heterocycles. The Labute approximate surface area is 145 Å². The average molecular weight is 352 g/mol. The highest BCUT2D eigenvalue weighted by Gasteiger charge is 2.12. The SMILES string of the molecule is COc1ccc(-c2nc3ncccc3[nH]2)c(OCCSC)c1.Cl. The number of ether oxygens (including phenoxy) is 2. The van der Waals surface area contributed by atoms with E-state index in [1.54, 1.807) is 25.1 Å². The minimum atomic E-state index is 0. The van der Waals surface area contributed by atoms with Crippen molar-refractivity contribution >= 4 is 35.3 Å². The van der Waals surface area contributed by atoms with Gasteiger partial charge in [-0.3, -0.25) is 0 Å². The lowest BCUT2D eigenvalue weighted by atomic mass is 10.2. The van der Waals surface area contributed by atoms with Gasteiger partial charge in [0.25, 0.3) is 0 Å². The highest BCUT2D eigenvalue weighted by molar-refractivity contribution is 7.98. The molecule has 7 heteroatoms. The first kappa shape index (κ1) is 17.4. The number of thioether (sulfide) groups is 1. The van der Waals surface area contributed by atoms with Crippen LogP contribution in [0.4, 0.5) is 0 Å². The van der Waals surface area contributed by atoms with Gasteiger partial charge in [0.15, 0.2) is 5.65 Å². The lowest BCUT2D eigenvalue weighted by Gasteiger charge is -2.11. The molecule has 0 atom stereocenters. The third kappa shape index (κ3) is 3.89. The van der Waals surface area contributed by atoms with Gasteiger partial charge in [0.1, 0.15) is 17.3 Å². The molecule has 0 aliphatic rings. The number of hydrogen-bond donors (Lipinski definition) is 1. The molecule has 0 amide bonds. The van der Waals surface area contributed by atoms with Crippen molar-refractivity contribution in [2.75, 3.05) is 25.7 Å². The van der Waals surface area contributed by atoms with Crippen LogP contribution in [0.15, 0.2) is 36.5 Å². The van der Waals surface area contributed by atoms with Gasteiger partial charge in [0.2, 0.25) is 0 Å². The number of aromatic nitrogens is 3. The van der Waals surface area contributed by atoms with E-state index in [-0.39, 0.29) is 12.4 Å². The van der Waals surface area contributed by atoms with Crippen LogP contribution in [0.25, 0.3) is 22.6 Å². The fraction of sp³-hybridized carbons (Fsp3) is 0.250. The summed E-state index contributed by atoms with van der Waals surface area (Å²) in [5.74, 6) is 3.19. The number of aromatic amines is 1. The van der Waals surface area contributed by atoms with Crippen molar-refractivity contribution in [1.82, 2.24) is 15.0 Å². The Kier molecular flexibility index (Phi) is 6.12. The van der Waals surface area contributed by atoms with Crippen LogP contribution in [0.2, 0.25) is 0 Å². The third-order valence-electron chi connectivity index (χ3n) is 3.25. The zero-order valence-electron chi connectivity index (χ0n) is 12.9. The van der Waals surface area contributed by atoms with Gasteiger partial charge in [0, 0.05) is 18.0 Å². The van der Waals surface area contributed by atoms with Crippen LogP contribution in [0.1, 0.15) is 0 Å². The summed E-state index contributed by atoms with van der Waals surface area (Å²) in [6, 6.07) is 9.57. The van der Waals surface area contributed by atoms with Crippen LogP contribution in [-0.2, 0) is 0 Å². The number of imidazole rings is 1. The number of halogens is 1. The largest absolute Gasteiger partial charge is 0.497 e. The number of rotatable bonds is 6. The van der Waals surface area contributed by atoms with Crippen molar-refractivity contribution in [1.29, 1.82) is 0 Å². The number of methoxy groups -OCH3 is 1. The molecule has 2 aromatic heterocycles. The van der Waals surface area contributed by atoms with E-state index in [2.05, 4.69) is 21.2 Å². The van der Waals surface area contributed by atoms with E-state index in [4.69, 9.17) is 9.47 Å². The van der Waals surface area contributed by atoms with E-state index in [1.165, 1.54) is 0 Å². The highest BCUT2D eigenvalue weighted by atomic mass is 35.5. The lowest BCUT2D eigenvalue weighted by molar-refractivity contribution is 0.341. The second-order valence-corrected chi connectivity index (χ2v) is 5.65. The first-order valence-electron chi connectivity index (χ1n) is 6.92. The maximum atomic E-state index is 5.89. The summed E-state index contributed by atoms with van der Waals surface area (Å²) < 4.78 is 11.2. The fourth-order valence-electron chi connectivity index (χ4n) is 2.15. The molecule has 3 aromatic rings. The second-order valence-electron chi connectivity index (χ2n) is 4.66. The van der Waals surface area contributed by atoms with Gasteiger partial charge in [-0.1, -0.05) is 0 Å². The summed E-state index contributed by atoms with van der Waals surface area (Å²) in [5.41, 5.74) is 2.51. The predicted octanol–water partition coefficient (Wildman–Crippen LogP) is 3.80. The summed E-state index contributed by atoms with van der Waals surface area (Å²) in [7, 11) is 1.64. The highest BCUT2D eigenvalue weighted by Crippen LogP contribution is 2.32. The molecular formula is C16H18ClN3O2S. The number of nitrogens with one attached hydrogen (secondary N) is 1. The monoisotopic (exact) mass is 351 g/mol. The number of nitrogens with zero attached hydrogens (tertiary/aromatic N) is 2. The van der Waals surface area contributed by atoms with Crippen LogP contribution in [0.3, 0.4) is 0 Å². The molecule has 0 spiro atoms. The Morgan fingerprint density at radius 2 is 2.13 bits per heavy atom. The number of benzene rings is 1. The predicted molar refractivity (Wildman–Crippen MR) is 97.0 cm³/mol. The molecule has 0 aliphatic carbocycles. The maximum absolute atomic E-state index is 5.89. The van der Waals surface area contributed by atoms with Crippen molar-refractivity contribution in [3.05, 3.63) is 36.5 Å². The summed E-state index contributed by atoms with van der Waals surface area (Å²) >= 11 is 1.75. The molecule has 3 rings (SSSR count). The van der Waals surface area contributed by atoms with Crippen LogP contribution >= 0.6 is 24.2 Å². The second kappa shape index (κ2) is 8.08. The van der Waals surface area contributed by atoms with E-state index < -0.39 is 0 Å². The maximum Gasteiger partial charge on any atom is 0.178 e. The first-order valence-corrected chi connectivity index (χ1v) is 8.32. The van der Waals surface area contributed by atoms with Gasteiger partial charge < -0.3 is 14.5 Å². The molecule has 0 bridgehead atoms. The number of pyridine rings is 1. The summed E-state index contributed by atoms with van der Waals surface area (Å²) in [4.78, 5) is 12.1. The number of hydrogen-bond acceptors (Lipinski definition) is 5. The molecular weight excluding hydrogens is 334 g/mol. The Morgan fingerprint density at radius 3 is 2.87 bits per heavy atom. The van der Waals surface area contributed by atoms with Crippen LogP contribution in [0, 0.1) is 0 Å². The van der Waals surface area contributed by atoms with Crippen molar-refractivity contribution in [3.63, 3.8) is 0 Å². The smallest absolute Gasteiger partial charge is 0.178 e. The quantitative estimate of drug-likeness (QED) is 0.684. The molecule has 2 heterocycles. The topological polar surface area (TPSA) is 60.0 Å².